The molecule has 2 N–H and O–H groups in total. The van der Waals surface area contributed by atoms with E-state index in [-0.39, 0.29) is 16.3 Å². The zero-order valence-electron chi connectivity index (χ0n) is 10.4. The lowest BCUT2D eigenvalue weighted by molar-refractivity contribution is -0.140. The number of aliphatic carboxylic acids is 1. The highest BCUT2D eigenvalue weighted by molar-refractivity contribution is 6.32. The van der Waals surface area contributed by atoms with Crippen LogP contribution in [0.4, 0.5) is 8.78 Å². The molecule has 1 atom stereocenters. The summed E-state index contributed by atoms with van der Waals surface area (Å²) in [4.78, 5) is 22.6. The molecule has 0 aliphatic heterocycles. The van der Waals surface area contributed by atoms with Crippen molar-refractivity contribution in [3.05, 3.63) is 28.8 Å². The van der Waals surface area contributed by atoms with Crippen LogP contribution in [0.15, 0.2) is 18.2 Å². The third-order valence-electron chi connectivity index (χ3n) is 2.43. The predicted molar refractivity (Wildman–Crippen MR) is 67.5 cm³/mol. The number of carboxylic acids is 1. The Bertz CT molecular complexity index is 510. The largest absolute Gasteiger partial charge is 0.495 e. The second-order valence-electron chi connectivity index (χ2n) is 3.84. The molecule has 0 radical (unpaired) electrons. The van der Waals surface area contributed by atoms with E-state index < -0.39 is 30.8 Å². The van der Waals surface area contributed by atoms with Crippen LogP contribution in [-0.2, 0) is 4.79 Å². The molecule has 0 bridgehead atoms. The van der Waals surface area contributed by atoms with E-state index in [9.17, 15) is 18.4 Å². The highest BCUT2D eigenvalue weighted by Gasteiger charge is 2.24. The average Bonchev–Trinajstić information content (AvgIpc) is 2.37. The highest BCUT2D eigenvalue weighted by Crippen LogP contribution is 2.25. The van der Waals surface area contributed by atoms with Gasteiger partial charge in [0.2, 0.25) is 6.43 Å². The number of carbonyl (C=O) groups is 2. The number of hydrogen-bond acceptors (Lipinski definition) is 3. The molecular formula is C12H12ClF2NO4. The molecule has 1 aromatic carbocycles. The minimum atomic E-state index is -2.84. The number of methoxy groups -OCH3 is 1. The third kappa shape index (κ3) is 4.34. The number of benzene rings is 1. The van der Waals surface area contributed by atoms with Gasteiger partial charge in [-0.15, -0.1) is 0 Å². The molecule has 0 heterocycles. The maximum Gasteiger partial charge on any atom is 0.326 e. The minimum absolute atomic E-state index is 0.0618. The Hall–Kier alpha value is -1.89. The van der Waals surface area contributed by atoms with Crippen LogP contribution in [0.2, 0.25) is 5.02 Å². The molecule has 1 aromatic rings. The van der Waals surface area contributed by atoms with Crippen LogP contribution in [0.5, 0.6) is 5.75 Å². The van der Waals surface area contributed by atoms with Crippen molar-refractivity contribution < 1.29 is 28.2 Å². The lowest BCUT2D eigenvalue weighted by Crippen LogP contribution is -2.42. The zero-order chi connectivity index (χ0) is 15.3. The van der Waals surface area contributed by atoms with Crippen LogP contribution >= 0.6 is 11.6 Å². The molecule has 8 heteroatoms. The number of carboxylic acid groups (broad SMARTS) is 1. The summed E-state index contributed by atoms with van der Waals surface area (Å²) in [7, 11) is 1.35. The first-order valence-electron chi connectivity index (χ1n) is 5.50. The second-order valence-corrected chi connectivity index (χ2v) is 4.25. The van der Waals surface area contributed by atoms with E-state index in [1.807, 2.05) is 5.32 Å². The van der Waals surface area contributed by atoms with Gasteiger partial charge >= 0.3 is 5.97 Å². The van der Waals surface area contributed by atoms with Crippen molar-refractivity contribution in [3.63, 3.8) is 0 Å². The summed E-state index contributed by atoms with van der Waals surface area (Å²) in [5.74, 6) is -2.10. The van der Waals surface area contributed by atoms with Crippen LogP contribution in [0.3, 0.4) is 0 Å². The van der Waals surface area contributed by atoms with Crippen molar-refractivity contribution in [1.29, 1.82) is 0 Å². The summed E-state index contributed by atoms with van der Waals surface area (Å²) in [6.07, 6.45) is -3.80. The number of halogens is 3. The zero-order valence-corrected chi connectivity index (χ0v) is 11.2. The van der Waals surface area contributed by atoms with Crippen LogP contribution in [0.25, 0.3) is 0 Å². The molecular weight excluding hydrogens is 296 g/mol. The number of amides is 1. The smallest absolute Gasteiger partial charge is 0.326 e. The Morgan fingerprint density at radius 1 is 1.45 bits per heavy atom. The molecule has 0 aliphatic carbocycles. The summed E-state index contributed by atoms with van der Waals surface area (Å²) in [6.45, 7) is 0. The quantitative estimate of drug-likeness (QED) is 0.844. The standard InChI is InChI=1S/C12H12ClF2NO4/c1-20-9-4-6(2-3-7(9)13)11(17)16-8(12(18)19)5-10(14)15/h2-4,8,10H,5H2,1H3,(H,16,17)(H,18,19). The predicted octanol–water partition coefficient (Wildman–Crippen LogP) is 2.19. The van der Waals surface area contributed by atoms with E-state index in [2.05, 4.69) is 0 Å². The molecule has 0 fully saturated rings. The summed E-state index contributed by atoms with van der Waals surface area (Å²) in [5.41, 5.74) is 0.0618. The topological polar surface area (TPSA) is 75.6 Å². The third-order valence-corrected chi connectivity index (χ3v) is 2.74. The molecule has 5 nitrogen and oxygen atoms in total. The van der Waals surface area contributed by atoms with Gasteiger partial charge < -0.3 is 15.2 Å². The summed E-state index contributed by atoms with van der Waals surface area (Å²) < 4.78 is 29.3. The molecule has 20 heavy (non-hydrogen) atoms. The van der Waals surface area contributed by atoms with Crippen LogP contribution in [0.1, 0.15) is 16.8 Å². The van der Waals surface area contributed by atoms with E-state index in [0.29, 0.717) is 0 Å². The molecule has 1 unspecified atom stereocenters. The van der Waals surface area contributed by atoms with E-state index in [0.717, 1.165) is 0 Å². The number of alkyl halides is 2. The molecule has 0 saturated heterocycles. The maximum atomic E-state index is 12.2. The Balaban J connectivity index is 2.86. The van der Waals surface area contributed by atoms with Crippen LogP contribution < -0.4 is 10.1 Å². The molecule has 1 amide bonds. The molecule has 0 aliphatic rings. The van der Waals surface area contributed by atoms with Gasteiger partial charge in [-0.3, -0.25) is 4.79 Å². The van der Waals surface area contributed by atoms with E-state index in [4.69, 9.17) is 21.4 Å². The summed E-state index contributed by atoms with van der Waals surface area (Å²) >= 11 is 5.78. The monoisotopic (exact) mass is 307 g/mol. The SMILES string of the molecule is COc1cc(C(=O)NC(CC(F)F)C(=O)O)ccc1Cl. The van der Waals surface area contributed by atoms with Crippen molar-refractivity contribution in [2.45, 2.75) is 18.9 Å². The molecule has 0 aromatic heterocycles. The molecule has 110 valence electrons. The molecule has 0 saturated carbocycles. The van der Waals surface area contributed by atoms with Gasteiger partial charge in [-0.1, -0.05) is 11.6 Å². The number of carbonyl (C=O) groups excluding carboxylic acids is 1. The number of nitrogens with one attached hydrogen (secondary N) is 1. The first kappa shape index (κ1) is 16.2. The van der Waals surface area contributed by atoms with Crippen LogP contribution in [0, 0.1) is 0 Å². The van der Waals surface area contributed by atoms with Gasteiger partial charge in [0.05, 0.1) is 12.1 Å². The van der Waals surface area contributed by atoms with E-state index >= 15 is 0 Å². The first-order chi connectivity index (χ1) is 9.35. The maximum absolute atomic E-state index is 12.2. The van der Waals surface area contributed by atoms with Crippen molar-refractivity contribution in [1.82, 2.24) is 5.32 Å². The molecule has 1 rings (SSSR count). The van der Waals surface area contributed by atoms with Crippen LogP contribution in [-0.4, -0.2) is 36.6 Å². The molecule has 0 spiro atoms. The minimum Gasteiger partial charge on any atom is -0.495 e. The summed E-state index contributed by atoms with van der Waals surface area (Å²) in [5, 5.41) is 11.1. The Morgan fingerprint density at radius 3 is 2.60 bits per heavy atom. The number of ether oxygens (including phenoxy) is 1. The lowest BCUT2D eigenvalue weighted by atomic mass is 10.1. The van der Waals surface area contributed by atoms with Gasteiger partial charge in [0.15, 0.2) is 0 Å². The van der Waals surface area contributed by atoms with E-state index in [1.54, 1.807) is 0 Å². The van der Waals surface area contributed by atoms with Gasteiger partial charge in [-0.25, -0.2) is 13.6 Å². The van der Waals surface area contributed by atoms with Crippen molar-refractivity contribution in [2.75, 3.05) is 7.11 Å². The van der Waals surface area contributed by atoms with Gasteiger partial charge in [0.25, 0.3) is 5.91 Å². The van der Waals surface area contributed by atoms with Crippen molar-refractivity contribution in [3.8, 4) is 5.75 Å². The van der Waals surface area contributed by atoms with Crippen molar-refractivity contribution in [2.24, 2.45) is 0 Å². The number of rotatable bonds is 6. The fraction of sp³-hybridized carbons (Fsp3) is 0.333. The Morgan fingerprint density at radius 2 is 2.10 bits per heavy atom. The fourth-order valence-electron chi connectivity index (χ4n) is 1.44. The van der Waals surface area contributed by atoms with Crippen molar-refractivity contribution >= 4 is 23.5 Å². The second kappa shape index (κ2) is 7.04. The summed E-state index contributed by atoms with van der Waals surface area (Å²) in [6, 6.07) is 2.35. The Labute approximate surface area is 118 Å². The van der Waals surface area contributed by atoms with Gasteiger partial charge in [0, 0.05) is 12.0 Å². The van der Waals surface area contributed by atoms with E-state index in [1.165, 1.54) is 25.3 Å². The lowest BCUT2D eigenvalue weighted by Gasteiger charge is -2.14. The van der Waals surface area contributed by atoms with Gasteiger partial charge in [0.1, 0.15) is 11.8 Å². The fourth-order valence-corrected chi connectivity index (χ4v) is 1.64. The Kier molecular flexibility index (Phi) is 5.69. The number of hydrogen-bond donors (Lipinski definition) is 2. The highest BCUT2D eigenvalue weighted by atomic mass is 35.5. The first-order valence-corrected chi connectivity index (χ1v) is 5.88. The average molecular weight is 308 g/mol. The van der Waals surface area contributed by atoms with Gasteiger partial charge in [-0.2, -0.15) is 0 Å². The normalized spacial score (nSPS) is 12.1. The van der Waals surface area contributed by atoms with Gasteiger partial charge in [-0.05, 0) is 18.2 Å².